The first-order chi connectivity index (χ1) is 15.8. The average molecular weight is 532 g/mol. The Morgan fingerprint density at radius 2 is 1.94 bits per heavy atom. The van der Waals surface area contributed by atoms with E-state index in [1.165, 1.54) is 4.90 Å². The van der Waals surface area contributed by atoms with Gasteiger partial charge >= 0.3 is 6.18 Å². The van der Waals surface area contributed by atoms with Crippen molar-refractivity contribution < 1.29 is 26.4 Å². The minimum Gasteiger partial charge on any atom is -0.325 e. The van der Waals surface area contributed by atoms with Gasteiger partial charge in [-0.05, 0) is 49.2 Å². The summed E-state index contributed by atoms with van der Waals surface area (Å²) >= 11 is 7.29. The normalized spacial score (nSPS) is 21.4. The molecule has 182 valence electrons. The molecule has 1 fully saturated rings. The van der Waals surface area contributed by atoms with E-state index in [1.54, 1.807) is 0 Å². The van der Waals surface area contributed by atoms with E-state index in [0.717, 1.165) is 41.1 Å². The highest BCUT2D eigenvalue weighted by atomic mass is 35.5. The SMILES string of the molecule is Cc1ccc(C)c(NC(=O)CSC2=N[C@@H]3CS(=O)(=O)C[C@@H]3N2c2cc(C(F)(F)F)ccc2Cl)c1. The Balaban J connectivity index is 1.60. The van der Waals surface area contributed by atoms with Crippen LogP contribution in [-0.4, -0.2) is 48.8 Å². The van der Waals surface area contributed by atoms with E-state index in [0.29, 0.717) is 5.69 Å². The summed E-state index contributed by atoms with van der Waals surface area (Å²) in [6.07, 6.45) is -4.60. The molecule has 12 heteroatoms. The van der Waals surface area contributed by atoms with Gasteiger partial charge in [-0.1, -0.05) is 35.5 Å². The summed E-state index contributed by atoms with van der Waals surface area (Å²) in [7, 11) is -3.40. The highest BCUT2D eigenvalue weighted by Crippen LogP contribution is 2.41. The second kappa shape index (κ2) is 9.09. The number of carbonyl (C=O) groups is 1. The standard InChI is InChI=1S/C22H21ClF3N3O3S2/c1-12-3-4-13(2)16(7-12)27-20(30)9-33-21-28-17-10-34(31,32)11-19(17)29(21)18-8-14(22(24,25)26)5-6-15(18)23/h3-8,17,19H,9-11H2,1-2H3,(H,27,30)/t17-,19+/m1/s1. The molecule has 2 aromatic carbocycles. The zero-order chi connectivity index (χ0) is 24.8. The summed E-state index contributed by atoms with van der Waals surface area (Å²) in [5, 5.41) is 3.13. The fourth-order valence-electron chi connectivity index (χ4n) is 3.98. The fourth-order valence-corrected chi connectivity index (χ4v) is 6.94. The van der Waals surface area contributed by atoms with Crippen LogP contribution in [0.3, 0.4) is 0 Å². The van der Waals surface area contributed by atoms with Crippen LogP contribution in [0.25, 0.3) is 0 Å². The van der Waals surface area contributed by atoms with E-state index >= 15 is 0 Å². The number of nitrogens with zero attached hydrogens (tertiary/aromatic N) is 2. The van der Waals surface area contributed by atoms with Crippen LogP contribution in [0.2, 0.25) is 5.02 Å². The number of aliphatic imine (C=N–C) groups is 1. The number of fused-ring (bicyclic) bond motifs is 1. The van der Waals surface area contributed by atoms with E-state index in [9.17, 15) is 26.4 Å². The molecule has 2 aliphatic rings. The quantitative estimate of drug-likeness (QED) is 0.619. The lowest BCUT2D eigenvalue weighted by molar-refractivity contribution is -0.137. The van der Waals surface area contributed by atoms with Gasteiger partial charge < -0.3 is 10.2 Å². The van der Waals surface area contributed by atoms with Crippen LogP contribution in [0.1, 0.15) is 16.7 Å². The van der Waals surface area contributed by atoms with Gasteiger partial charge in [-0.3, -0.25) is 9.79 Å². The Labute approximate surface area is 204 Å². The maximum Gasteiger partial charge on any atom is 0.416 e. The van der Waals surface area contributed by atoms with Gasteiger partial charge in [0, 0.05) is 5.69 Å². The van der Waals surface area contributed by atoms with Crippen molar-refractivity contribution in [3.63, 3.8) is 0 Å². The van der Waals surface area contributed by atoms with Crippen molar-refractivity contribution >= 4 is 55.6 Å². The number of halogens is 4. The maximum absolute atomic E-state index is 13.4. The van der Waals surface area contributed by atoms with Gasteiger partial charge in [-0.25, -0.2) is 8.42 Å². The van der Waals surface area contributed by atoms with Gasteiger partial charge in [0.05, 0.1) is 45.6 Å². The van der Waals surface area contributed by atoms with E-state index in [1.807, 2.05) is 32.0 Å². The highest BCUT2D eigenvalue weighted by molar-refractivity contribution is 8.14. The molecule has 0 unspecified atom stereocenters. The van der Waals surface area contributed by atoms with Gasteiger partial charge in [0.25, 0.3) is 0 Å². The summed E-state index contributed by atoms with van der Waals surface area (Å²) in [4.78, 5) is 18.5. The Bertz CT molecular complexity index is 1280. The number of amides is 1. The van der Waals surface area contributed by atoms with Crippen LogP contribution in [0.5, 0.6) is 0 Å². The molecular formula is C22H21ClF3N3O3S2. The minimum atomic E-state index is -4.60. The lowest BCUT2D eigenvalue weighted by Gasteiger charge is -2.28. The van der Waals surface area contributed by atoms with Gasteiger partial charge in [0.2, 0.25) is 5.91 Å². The van der Waals surface area contributed by atoms with E-state index in [2.05, 4.69) is 10.3 Å². The number of hydrogen-bond donors (Lipinski definition) is 1. The van der Waals surface area contributed by atoms with Gasteiger partial charge in [0.1, 0.15) is 0 Å². The molecule has 1 saturated heterocycles. The van der Waals surface area contributed by atoms with Crippen molar-refractivity contribution in [2.24, 2.45) is 4.99 Å². The van der Waals surface area contributed by atoms with E-state index in [4.69, 9.17) is 11.6 Å². The number of anilines is 2. The third kappa shape index (κ3) is 5.21. The Hall–Kier alpha value is -2.24. The van der Waals surface area contributed by atoms with Crippen LogP contribution in [0.15, 0.2) is 41.4 Å². The summed E-state index contributed by atoms with van der Waals surface area (Å²) in [6, 6.07) is 7.22. The number of sulfone groups is 1. The molecule has 2 aromatic rings. The smallest absolute Gasteiger partial charge is 0.325 e. The average Bonchev–Trinajstić information content (AvgIpc) is 3.20. The highest BCUT2D eigenvalue weighted by Gasteiger charge is 2.48. The first kappa shape index (κ1) is 24.9. The lowest BCUT2D eigenvalue weighted by Crippen LogP contribution is -2.39. The molecule has 2 heterocycles. The van der Waals surface area contributed by atoms with Crippen molar-refractivity contribution in [1.29, 1.82) is 0 Å². The summed E-state index contributed by atoms with van der Waals surface area (Å²) < 4.78 is 64.4. The second-order valence-electron chi connectivity index (χ2n) is 8.31. The molecule has 1 amide bonds. The van der Waals surface area contributed by atoms with Gasteiger partial charge in [-0.2, -0.15) is 13.2 Å². The third-order valence-electron chi connectivity index (χ3n) is 5.64. The summed E-state index contributed by atoms with van der Waals surface area (Å²) in [5.41, 5.74) is 1.64. The zero-order valence-electron chi connectivity index (χ0n) is 18.2. The number of hydrogen-bond acceptors (Lipinski definition) is 6. The molecule has 34 heavy (non-hydrogen) atoms. The molecule has 0 aromatic heterocycles. The number of nitrogens with one attached hydrogen (secondary N) is 1. The lowest BCUT2D eigenvalue weighted by atomic mass is 10.1. The largest absolute Gasteiger partial charge is 0.416 e. The van der Waals surface area contributed by atoms with Gasteiger partial charge in [-0.15, -0.1) is 0 Å². The molecule has 2 atom stereocenters. The zero-order valence-corrected chi connectivity index (χ0v) is 20.6. The molecule has 0 bridgehead atoms. The predicted octanol–water partition coefficient (Wildman–Crippen LogP) is 4.69. The number of benzene rings is 2. The summed E-state index contributed by atoms with van der Waals surface area (Å²) in [5.74, 6) is -0.845. The Morgan fingerprint density at radius 1 is 1.21 bits per heavy atom. The minimum absolute atomic E-state index is 0.0160. The Morgan fingerprint density at radius 3 is 2.65 bits per heavy atom. The van der Waals surface area contributed by atoms with Crippen LogP contribution in [0.4, 0.5) is 24.5 Å². The monoisotopic (exact) mass is 531 g/mol. The number of amidine groups is 1. The number of aryl methyl sites for hydroxylation is 2. The van der Waals surface area contributed by atoms with Crippen molar-refractivity contribution in [3.05, 3.63) is 58.1 Å². The number of thioether (sulfide) groups is 1. The molecule has 2 aliphatic heterocycles. The number of rotatable bonds is 4. The number of alkyl halides is 3. The fraction of sp³-hybridized carbons (Fsp3) is 0.364. The van der Waals surface area contributed by atoms with E-state index in [-0.39, 0.29) is 39.0 Å². The molecular weight excluding hydrogens is 511 g/mol. The van der Waals surface area contributed by atoms with Crippen LogP contribution >= 0.6 is 23.4 Å². The van der Waals surface area contributed by atoms with Crippen molar-refractivity contribution in [1.82, 2.24) is 0 Å². The van der Waals surface area contributed by atoms with Crippen molar-refractivity contribution in [2.75, 3.05) is 27.5 Å². The molecule has 0 radical (unpaired) electrons. The van der Waals surface area contributed by atoms with Crippen molar-refractivity contribution in [3.8, 4) is 0 Å². The number of carbonyl (C=O) groups excluding carboxylic acids is 1. The van der Waals surface area contributed by atoms with E-state index < -0.39 is 33.7 Å². The Kier molecular flexibility index (Phi) is 6.65. The maximum atomic E-state index is 13.4. The summed E-state index contributed by atoms with van der Waals surface area (Å²) in [6.45, 7) is 3.77. The van der Waals surface area contributed by atoms with Crippen molar-refractivity contribution in [2.45, 2.75) is 32.1 Å². The second-order valence-corrected chi connectivity index (χ2v) is 11.8. The first-order valence-electron chi connectivity index (χ1n) is 10.3. The molecule has 0 saturated carbocycles. The van der Waals surface area contributed by atoms with Gasteiger partial charge in [0.15, 0.2) is 15.0 Å². The predicted molar refractivity (Wildman–Crippen MR) is 130 cm³/mol. The molecule has 0 aliphatic carbocycles. The first-order valence-corrected chi connectivity index (χ1v) is 13.5. The molecule has 1 N–H and O–H groups in total. The van der Waals surface area contributed by atoms with Crippen LogP contribution in [-0.2, 0) is 20.8 Å². The van der Waals surface area contributed by atoms with Crippen LogP contribution < -0.4 is 10.2 Å². The third-order valence-corrected chi connectivity index (χ3v) is 8.63. The molecule has 0 spiro atoms. The van der Waals surface area contributed by atoms with Crippen LogP contribution in [0, 0.1) is 13.8 Å². The topological polar surface area (TPSA) is 78.8 Å². The molecule has 4 rings (SSSR count). The molecule has 6 nitrogen and oxygen atoms in total.